The van der Waals surface area contributed by atoms with Crippen LogP contribution in [-0.2, 0) is 6.42 Å². The van der Waals surface area contributed by atoms with E-state index >= 15 is 0 Å². The molecule has 1 aromatic heterocycles. The fraction of sp³-hybridized carbons (Fsp3) is 0.500. The van der Waals surface area contributed by atoms with E-state index < -0.39 is 0 Å². The number of hydrogen-bond acceptors (Lipinski definition) is 3. The fourth-order valence-corrected chi connectivity index (χ4v) is 1.26. The largest absolute Gasteiger partial charge is 0.382 e. The molecule has 0 fully saturated rings. The summed E-state index contributed by atoms with van der Waals surface area (Å²) in [5.41, 5.74) is 6.53. The minimum atomic E-state index is 0.548. The van der Waals surface area contributed by atoms with E-state index in [4.69, 9.17) is 5.73 Å². The quantitative estimate of drug-likeness (QED) is 0.865. The second-order valence-corrected chi connectivity index (χ2v) is 3.44. The summed E-state index contributed by atoms with van der Waals surface area (Å²) in [5, 5.41) is 0. The van der Waals surface area contributed by atoms with E-state index in [0.717, 1.165) is 29.6 Å². The zero-order valence-electron chi connectivity index (χ0n) is 7.05. The summed E-state index contributed by atoms with van der Waals surface area (Å²) in [6.07, 6.45) is 4.78. The zero-order valence-corrected chi connectivity index (χ0v) is 8.63. The van der Waals surface area contributed by atoms with Gasteiger partial charge in [0.1, 0.15) is 10.4 Å². The third kappa shape index (κ3) is 2.44. The Balaban J connectivity index is 2.75. The molecule has 0 aliphatic carbocycles. The average Bonchev–Trinajstić information content (AvgIpc) is 2.07. The van der Waals surface area contributed by atoms with Gasteiger partial charge in [0.05, 0.1) is 11.9 Å². The SMILES string of the molecule is CCCCc1nc(Br)cnc1N. The van der Waals surface area contributed by atoms with E-state index in [0.29, 0.717) is 5.82 Å². The number of anilines is 1. The van der Waals surface area contributed by atoms with Crippen LogP contribution in [-0.4, -0.2) is 9.97 Å². The van der Waals surface area contributed by atoms with Crippen LogP contribution in [0.1, 0.15) is 25.5 Å². The van der Waals surface area contributed by atoms with Crippen molar-refractivity contribution in [2.24, 2.45) is 0 Å². The van der Waals surface area contributed by atoms with E-state index in [1.807, 2.05) is 0 Å². The predicted molar refractivity (Wildman–Crippen MR) is 52.8 cm³/mol. The number of aromatic nitrogens is 2. The summed E-state index contributed by atoms with van der Waals surface area (Å²) >= 11 is 3.26. The van der Waals surface area contributed by atoms with Gasteiger partial charge in [-0.1, -0.05) is 13.3 Å². The Labute approximate surface area is 80.5 Å². The lowest BCUT2D eigenvalue weighted by molar-refractivity contribution is 0.772. The van der Waals surface area contributed by atoms with Crippen LogP contribution >= 0.6 is 15.9 Å². The third-order valence-corrected chi connectivity index (χ3v) is 2.00. The van der Waals surface area contributed by atoms with Crippen LogP contribution in [0.15, 0.2) is 10.8 Å². The number of nitrogens with zero attached hydrogens (tertiary/aromatic N) is 2. The molecular formula is C8H12BrN3. The molecule has 0 aliphatic rings. The molecule has 1 heterocycles. The molecule has 4 heteroatoms. The van der Waals surface area contributed by atoms with E-state index in [1.165, 1.54) is 0 Å². The first kappa shape index (κ1) is 9.45. The number of nitrogens with two attached hydrogens (primary N) is 1. The van der Waals surface area contributed by atoms with Crippen molar-refractivity contribution < 1.29 is 0 Å². The lowest BCUT2D eigenvalue weighted by Crippen LogP contribution is -2.01. The molecule has 0 bridgehead atoms. The summed E-state index contributed by atoms with van der Waals surface area (Å²) in [4.78, 5) is 8.24. The number of halogens is 1. The molecule has 0 atom stereocenters. The first-order valence-corrected chi connectivity index (χ1v) is 4.80. The maximum atomic E-state index is 5.64. The Morgan fingerprint density at radius 3 is 3.00 bits per heavy atom. The molecule has 3 nitrogen and oxygen atoms in total. The minimum Gasteiger partial charge on any atom is -0.382 e. The van der Waals surface area contributed by atoms with Gasteiger partial charge in [-0.2, -0.15) is 0 Å². The average molecular weight is 230 g/mol. The summed E-state index contributed by atoms with van der Waals surface area (Å²) < 4.78 is 0.753. The van der Waals surface area contributed by atoms with Crippen LogP contribution in [0.3, 0.4) is 0 Å². The molecule has 2 N–H and O–H groups in total. The molecule has 1 rings (SSSR count). The highest BCUT2D eigenvalue weighted by Gasteiger charge is 2.01. The molecular weight excluding hydrogens is 218 g/mol. The van der Waals surface area contributed by atoms with Crippen molar-refractivity contribution in [2.75, 3.05) is 5.73 Å². The van der Waals surface area contributed by atoms with Gasteiger partial charge in [0, 0.05) is 0 Å². The number of nitrogen functional groups attached to an aromatic ring is 1. The summed E-state index contributed by atoms with van der Waals surface area (Å²) in [6.45, 7) is 2.14. The Bertz CT molecular complexity index is 262. The lowest BCUT2D eigenvalue weighted by Gasteiger charge is -2.02. The van der Waals surface area contributed by atoms with E-state index in [2.05, 4.69) is 32.8 Å². The standard InChI is InChI=1S/C8H12BrN3/c1-2-3-4-6-8(10)11-5-7(9)12-6/h5H,2-4H2,1H3,(H2,10,11). The van der Waals surface area contributed by atoms with Crippen molar-refractivity contribution in [1.82, 2.24) is 9.97 Å². The Kier molecular flexibility index (Phi) is 3.47. The predicted octanol–water partition coefficient (Wildman–Crippen LogP) is 2.16. The van der Waals surface area contributed by atoms with Crippen molar-refractivity contribution >= 4 is 21.7 Å². The monoisotopic (exact) mass is 229 g/mol. The molecule has 0 saturated carbocycles. The van der Waals surface area contributed by atoms with Gasteiger partial charge in [0.25, 0.3) is 0 Å². The molecule has 12 heavy (non-hydrogen) atoms. The van der Waals surface area contributed by atoms with Crippen molar-refractivity contribution in [3.05, 3.63) is 16.5 Å². The van der Waals surface area contributed by atoms with Crippen molar-refractivity contribution in [1.29, 1.82) is 0 Å². The maximum Gasteiger partial charge on any atom is 0.145 e. The smallest absolute Gasteiger partial charge is 0.145 e. The van der Waals surface area contributed by atoms with Crippen molar-refractivity contribution in [3.8, 4) is 0 Å². The van der Waals surface area contributed by atoms with Gasteiger partial charge in [0.2, 0.25) is 0 Å². The number of unbranched alkanes of at least 4 members (excludes halogenated alkanes) is 1. The molecule has 0 radical (unpaired) electrons. The van der Waals surface area contributed by atoms with Gasteiger partial charge in [0.15, 0.2) is 0 Å². The molecule has 0 aromatic carbocycles. The zero-order chi connectivity index (χ0) is 8.97. The first-order chi connectivity index (χ1) is 5.74. The number of aryl methyl sites for hydroxylation is 1. The van der Waals surface area contributed by atoms with Crippen molar-refractivity contribution in [2.45, 2.75) is 26.2 Å². The Hall–Kier alpha value is -0.640. The number of rotatable bonds is 3. The summed E-state index contributed by atoms with van der Waals surface area (Å²) in [6, 6.07) is 0. The molecule has 0 aliphatic heterocycles. The van der Waals surface area contributed by atoms with Crippen LogP contribution < -0.4 is 5.73 Å². The molecule has 0 spiro atoms. The second-order valence-electron chi connectivity index (χ2n) is 2.63. The molecule has 1 aromatic rings. The highest BCUT2D eigenvalue weighted by Crippen LogP contribution is 2.12. The molecule has 0 amide bonds. The first-order valence-electron chi connectivity index (χ1n) is 4.01. The highest BCUT2D eigenvalue weighted by molar-refractivity contribution is 9.10. The van der Waals surface area contributed by atoms with Crippen LogP contribution in [0.2, 0.25) is 0 Å². The van der Waals surface area contributed by atoms with E-state index in [-0.39, 0.29) is 0 Å². The maximum absolute atomic E-state index is 5.64. The topological polar surface area (TPSA) is 51.8 Å². The minimum absolute atomic E-state index is 0.548. The van der Waals surface area contributed by atoms with Gasteiger partial charge >= 0.3 is 0 Å². The fourth-order valence-electron chi connectivity index (χ4n) is 0.941. The van der Waals surface area contributed by atoms with Gasteiger partial charge < -0.3 is 5.73 Å². The normalized spacial score (nSPS) is 10.2. The van der Waals surface area contributed by atoms with Crippen LogP contribution in [0.25, 0.3) is 0 Å². The lowest BCUT2D eigenvalue weighted by atomic mass is 10.2. The van der Waals surface area contributed by atoms with E-state index in [9.17, 15) is 0 Å². The second kappa shape index (κ2) is 4.40. The van der Waals surface area contributed by atoms with Crippen LogP contribution in [0, 0.1) is 0 Å². The highest BCUT2D eigenvalue weighted by atomic mass is 79.9. The third-order valence-electron chi connectivity index (χ3n) is 1.61. The van der Waals surface area contributed by atoms with Crippen LogP contribution in [0.4, 0.5) is 5.82 Å². The Morgan fingerprint density at radius 2 is 2.33 bits per heavy atom. The summed E-state index contributed by atoms with van der Waals surface area (Å²) in [7, 11) is 0. The van der Waals surface area contributed by atoms with Gasteiger partial charge in [-0.15, -0.1) is 0 Å². The van der Waals surface area contributed by atoms with Gasteiger partial charge in [-0.3, -0.25) is 0 Å². The van der Waals surface area contributed by atoms with Gasteiger partial charge in [-0.25, -0.2) is 9.97 Å². The van der Waals surface area contributed by atoms with E-state index in [1.54, 1.807) is 6.20 Å². The number of hydrogen-bond donors (Lipinski definition) is 1. The Morgan fingerprint density at radius 1 is 1.58 bits per heavy atom. The molecule has 0 saturated heterocycles. The molecule has 0 unspecified atom stereocenters. The van der Waals surface area contributed by atoms with Crippen LogP contribution in [0.5, 0.6) is 0 Å². The van der Waals surface area contributed by atoms with Crippen molar-refractivity contribution in [3.63, 3.8) is 0 Å². The molecule has 66 valence electrons. The van der Waals surface area contributed by atoms with Gasteiger partial charge in [-0.05, 0) is 28.8 Å². The summed E-state index contributed by atoms with van der Waals surface area (Å²) in [5.74, 6) is 0.548.